The van der Waals surface area contributed by atoms with Crippen molar-refractivity contribution in [3.63, 3.8) is 0 Å². The summed E-state index contributed by atoms with van der Waals surface area (Å²) in [6, 6.07) is 10.3. The summed E-state index contributed by atoms with van der Waals surface area (Å²) in [4.78, 5) is 1.28. The highest BCUT2D eigenvalue weighted by Crippen LogP contribution is 2.24. The summed E-state index contributed by atoms with van der Waals surface area (Å²) < 4.78 is 1.90. The topological polar surface area (TPSA) is 17.8 Å². The first-order valence-corrected chi connectivity index (χ1v) is 5.62. The van der Waals surface area contributed by atoms with Crippen molar-refractivity contribution in [2.24, 2.45) is 0 Å². The predicted octanol–water partition coefficient (Wildman–Crippen LogP) is 2.98. The molecule has 0 saturated carbocycles. The highest BCUT2D eigenvalue weighted by atomic mass is 32.2. The molecular weight excluding hydrogens is 192 g/mol. The lowest BCUT2D eigenvalue weighted by Gasteiger charge is -2.07. The Morgan fingerprint density at radius 3 is 2.86 bits per heavy atom. The van der Waals surface area contributed by atoms with Crippen molar-refractivity contribution < 1.29 is 0 Å². The van der Waals surface area contributed by atoms with Gasteiger partial charge in [-0.1, -0.05) is 19.1 Å². The molecule has 0 spiro atoms. The van der Waals surface area contributed by atoms with Gasteiger partial charge in [-0.3, -0.25) is 0 Å². The SMILES string of the molecule is CCSc1ccccc1-n1cccn1. The van der Waals surface area contributed by atoms with Gasteiger partial charge in [-0.05, 0) is 24.0 Å². The summed E-state index contributed by atoms with van der Waals surface area (Å²) in [5, 5.41) is 4.23. The van der Waals surface area contributed by atoms with Gasteiger partial charge in [0.05, 0.1) is 5.69 Å². The van der Waals surface area contributed by atoms with Crippen LogP contribution in [0.2, 0.25) is 0 Å². The molecule has 0 aliphatic carbocycles. The molecule has 2 nitrogen and oxygen atoms in total. The van der Waals surface area contributed by atoms with E-state index in [4.69, 9.17) is 0 Å². The van der Waals surface area contributed by atoms with Crippen LogP contribution >= 0.6 is 11.8 Å². The van der Waals surface area contributed by atoms with Gasteiger partial charge in [-0.15, -0.1) is 11.8 Å². The third kappa shape index (κ3) is 1.82. The van der Waals surface area contributed by atoms with Crippen molar-refractivity contribution in [2.75, 3.05) is 5.75 Å². The lowest BCUT2D eigenvalue weighted by Crippen LogP contribution is -1.96. The number of thioether (sulfide) groups is 1. The number of aromatic nitrogens is 2. The first-order valence-electron chi connectivity index (χ1n) is 4.63. The predicted molar refractivity (Wildman–Crippen MR) is 60.0 cm³/mol. The fourth-order valence-corrected chi connectivity index (χ4v) is 2.13. The monoisotopic (exact) mass is 204 g/mol. The number of hydrogen-bond donors (Lipinski definition) is 0. The lowest BCUT2D eigenvalue weighted by molar-refractivity contribution is 0.862. The minimum Gasteiger partial charge on any atom is -0.240 e. The van der Waals surface area contributed by atoms with Crippen LogP contribution in [0.1, 0.15) is 6.92 Å². The molecule has 0 aliphatic heterocycles. The van der Waals surface area contributed by atoms with E-state index in [2.05, 4.69) is 30.2 Å². The minimum absolute atomic E-state index is 1.08. The maximum Gasteiger partial charge on any atom is 0.0781 e. The molecule has 1 heterocycles. The third-order valence-electron chi connectivity index (χ3n) is 1.92. The fraction of sp³-hybridized carbons (Fsp3) is 0.182. The minimum atomic E-state index is 1.08. The molecule has 0 atom stereocenters. The molecule has 0 N–H and O–H groups in total. The molecule has 0 radical (unpaired) electrons. The average Bonchev–Trinajstić information content (AvgIpc) is 2.72. The Balaban J connectivity index is 2.42. The number of benzene rings is 1. The van der Waals surface area contributed by atoms with Crippen LogP contribution in [0.4, 0.5) is 0 Å². The summed E-state index contributed by atoms with van der Waals surface area (Å²) in [6.07, 6.45) is 3.77. The van der Waals surface area contributed by atoms with Crippen molar-refractivity contribution in [2.45, 2.75) is 11.8 Å². The van der Waals surface area contributed by atoms with Crippen LogP contribution in [0.15, 0.2) is 47.6 Å². The second kappa shape index (κ2) is 4.33. The van der Waals surface area contributed by atoms with Crippen molar-refractivity contribution in [1.29, 1.82) is 0 Å². The van der Waals surface area contributed by atoms with E-state index in [1.165, 1.54) is 4.90 Å². The van der Waals surface area contributed by atoms with E-state index >= 15 is 0 Å². The Morgan fingerprint density at radius 2 is 2.14 bits per heavy atom. The molecule has 0 unspecified atom stereocenters. The van der Waals surface area contributed by atoms with Gasteiger partial charge in [-0.2, -0.15) is 5.10 Å². The van der Waals surface area contributed by atoms with E-state index in [1.807, 2.05) is 34.8 Å². The molecule has 3 heteroatoms. The number of rotatable bonds is 3. The highest BCUT2D eigenvalue weighted by molar-refractivity contribution is 7.99. The van der Waals surface area contributed by atoms with Crippen LogP contribution in [0.3, 0.4) is 0 Å². The molecule has 2 rings (SSSR count). The number of nitrogens with zero attached hydrogens (tertiary/aromatic N) is 2. The molecule has 72 valence electrons. The van der Waals surface area contributed by atoms with Gasteiger partial charge in [0.15, 0.2) is 0 Å². The van der Waals surface area contributed by atoms with Crippen molar-refractivity contribution in [3.05, 3.63) is 42.7 Å². The summed E-state index contributed by atoms with van der Waals surface area (Å²) in [5.41, 5.74) is 1.16. The van der Waals surface area contributed by atoms with Gasteiger partial charge in [0, 0.05) is 17.3 Å². The van der Waals surface area contributed by atoms with E-state index < -0.39 is 0 Å². The molecule has 0 bridgehead atoms. The molecule has 1 aromatic heterocycles. The van der Waals surface area contributed by atoms with E-state index in [0.29, 0.717) is 0 Å². The molecular formula is C11H12N2S. The normalized spacial score (nSPS) is 10.4. The Bertz CT molecular complexity index is 395. The van der Waals surface area contributed by atoms with E-state index in [1.54, 1.807) is 6.20 Å². The Morgan fingerprint density at radius 1 is 1.29 bits per heavy atom. The number of hydrogen-bond acceptors (Lipinski definition) is 2. The number of para-hydroxylation sites is 1. The second-order valence-electron chi connectivity index (χ2n) is 2.85. The van der Waals surface area contributed by atoms with Crippen molar-refractivity contribution in [1.82, 2.24) is 9.78 Å². The summed E-state index contributed by atoms with van der Waals surface area (Å²) in [5.74, 6) is 1.08. The van der Waals surface area contributed by atoms with E-state index in [0.717, 1.165) is 11.4 Å². The molecule has 14 heavy (non-hydrogen) atoms. The smallest absolute Gasteiger partial charge is 0.0781 e. The zero-order chi connectivity index (χ0) is 9.80. The molecule has 2 aromatic rings. The van der Waals surface area contributed by atoms with Gasteiger partial charge in [-0.25, -0.2) is 4.68 Å². The average molecular weight is 204 g/mol. The molecule has 0 amide bonds. The molecule has 0 saturated heterocycles. The van der Waals surface area contributed by atoms with Crippen LogP contribution in [0.5, 0.6) is 0 Å². The van der Waals surface area contributed by atoms with Gasteiger partial charge in [0.1, 0.15) is 0 Å². The van der Waals surface area contributed by atoms with Crippen LogP contribution in [-0.2, 0) is 0 Å². The zero-order valence-corrected chi connectivity index (χ0v) is 8.87. The summed E-state index contributed by atoms with van der Waals surface area (Å²) in [6.45, 7) is 2.16. The molecule has 0 fully saturated rings. The summed E-state index contributed by atoms with van der Waals surface area (Å²) >= 11 is 1.84. The fourth-order valence-electron chi connectivity index (χ4n) is 1.34. The Kier molecular flexibility index (Phi) is 2.89. The second-order valence-corrected chi connectivity index (χ2v) is 4.16. The van der Waals surface area contributed by atoms with Gasteiger partial charge < -0.3 is 0 Å². The van der Waals surface area contributed by atoms with Gasteiger partial charge in [0.25, 0.3) is 0 Å². The van der Waals surface area contributed by atoms with Crippen LogP contribution in [-0.4, -0.2) is 15.5 Å². The van der Waals surface area contributed by atoms with Gasteiger partial charge in [0.2, 0.25) is 0 Å². The largest absolute Gasteiger partial charge is 0.240 e. The van der Waals surface area contributed by atoms with Crippen LogP contribution in [0, 0.1) is 0 Å². The Hall–Kier alpha value is -1.22. The summed E-state index contributed by atoms with van der Waals surface area (Å²) in [7, 11) is 0. The quantitative estimate of drug-likeness (QED) is 0.715. The van der Waals surface area contributed by atoms with Crippen LogP contribution in [0.25, 0.3) is 5.69 Å². The molecule has 0 aliphatic rings. The molecule has 1 aromatic carbocycles. The van der Waals surface area contributed by atoms with E-state index in [-0.39, 0.29) is 0 Å². The first-order chi connectivity index (χ1) is 6.92. The van der Waals surface area contributed by atoms with Crippen LogP contribution < -0.4 is 0 Å². The standard InChI is InChI=1S/C11H12N2S/c1-2-14-11-7-4-3-6-10(11)13-9-5-8-12-13/h3-9H,2H2,1H3. The van der Waals surface area contributed by atoms with Crippen molar-refractivity contribution in [3.8, 4) is 5.69 Å². The Labute approximate surface area is 87.9 Å². The first kappa shape index (κ1) is 9.34. The van der Waals surface area contributed by atoms with E-state index in [9.17, 15) is 0 Å². The highest BCUT2D eigenvalue weighted by Gasteiger charge is 2.02. The lowest BCUT2D eigenvalue weighted by atomic mass is 10.3. The van der Waals surface area contributed by atoms with Gasteiger partial charge >= 0.3 is 0 Å². The van der Waals surface area contributed by atoms with Crippen molar-refractivity contribution >= 4 is 11.8 Å². The third-order valence-corrected chi connectivity index (χ3v) is 2.86. The zero-order valence-electron chi connectivity index (χ0n) is 8.05. The maximum atomic E-state index is 4.23. The maximum absolute atomic E-state index is 4.23.